The van der Waals surface area contributed by atoms with E-state index in [4.69, 9.17) is 10.5 Å². The first-order chi connectivity index (χ1) is 11.1. The SMILES string of the molecule is CCOC(=O)N1C2CCC1CC(Nc1ccc(C(N)=O)cc1)C2. The molecule has 2 atom stereocenters. The number of primary amides is 1. The van der Waals surface area contributed by atoms with Crippen molar-refractivity contribution in [2.45, 2.75) is 50.7 Å². The molecule has 1 aromatic rings. The van der Waals surface area contributed by atoms with E-state index in [-0.39, 0.29) is 18.2 Å². The van der Waals surface area contributed by atoms with Gasteiger partial charge in [-0.2, -0.15) is 0 Å². The smallest absolute Gasteiger partial charge is 0.410 e. The molecule has 2 aliphatic heterocycles. The van der Waals surface area contributed by atoms with Crippen molar-refractivity contribution in [3.05, 3.63) is 29.8 Å². The number of carbonyl (C=O) groups excluding carboxylic acids is 2. The number of nitrogens with zero attached hydrogens (tertiary/aromatic N) is 1. The van der Waals surface area contributed by atoms with Crippen LogP contribution in [0.2, 0.25) is 0 Å². The lowest BCUT2D eigenvalue weighted by molar-refractivity contribution is 0.0711. The molecule has 6 nitrogen and oxygen atoms in total. The van der Waals surface area contributed by atoms with Gasteiger partial charge in [0.1, 0.15) is 0 Å². The molecule has 6 heteroatoms. The Kier molecular flexibility index (Phi) is 4.41. The molecule has 2 heterocycles. The van der Waals surface area contributed by atoms with Crippen LogP contribution in [0.5, 0.6) is 0 Å². The average molecular weight is 317 g/mol. The van der Waals surface area contributed by atoms with Crippen LogP contribution in [0.25, 0.3) is 0 Å². The Morgan fingerprint density at radius 1 is 1.22 bits per heavy atom. The van der Waals surface area contributed by atoms with Crippen molar-refractivity contribution in [1.82, 2.24) is 4.90 Å². The molecule has 2 aliphatic rings. The number of ether oxygens (including phenoxy) is 1. The van der Waals surface area contributed by atoms with E-state index in [1.54, 1.807) is 12.1 Å². The van der Waals surface area contributed by atoms with Crippen molar-refractivity contribution in [3.8, 4) is 0 Å². The van der Waals surface area contributed by atoms with Gasteiger partial charge >= 0.3 is 6.09 Å². The lowest BCUT2D eigenvalue weighted by atomic mass is 9.97. The van der Waals surface area contributed by atoms with Crippen LogP contribution in [-0.4, -0.2) is 41.6 Å². The second-order valence-electron chi connectivity index (χ2n) is 6.25. The predicted molar refractivity (Wildman–Crippen MR) is 87.3 cm³/mol. The zero-order chi connectivity index (χ0) is 16.4. The first kappa shape index (κ1) is 15.6. The molecule has 1 aromatic carbocycles. The van der Waals surface area contributed by atoms with Crippen LogP contribution >= 0.6 is 0 Å². The highest BCUT2D eigenvalue weighted by molar-refractivity contribution is 5.93. The summed E-state index contributed by atoms with van der Waals surface area (Å²) in [5.41, 5.74) is 6.74. The minimum Gasteiger partial charge on any atom is -0.450 e. The molecule has 2 saturated heterocycles. The van der Waals surface area contributed by atoms with Gasteiger partial charge in [-0.1, -0.05) is 0 Å². The predicted octanol–water partition coefficient (Wildman–Crippen LogP) is 2.35. The number of fused-ring (bicyclic) bond motifs is 2. The van der Waals surface area contributed by atoms with Gasteiger partial charge in [0, 0.05) is 29.4 Å². The minimum absolute atomic E-state index is 0.177. The summed E-state index contributed by atoms with van der Waals surface area (Å²) in [7, 11) is 0. The summed E-state index contributed by atoms with van der Waals surface area (Å²) in [4.78, 5) is 25.1. The van der Waals surface area contributed by atoms with E-state index < -0.39 is 5.91 Å². The summed E-state index contributed by atoms with van der Waals surface area (Å²) >= 11 is 0. The Hall–Kier alpha value is -2.24. The summed E-state index contributed by atoms with van der Waals surface area (Å²) in [5, 5.41) is 3.51. The number of rotatable bonds is 4. The molecule has 0 radical (unpaired) electrons. The van der Waals surface area contributed by atoms with Gasteiger partial charge in [-0.3, -0.25) is 4.79 Å². The average Bonchev–Trinajstić information content (AvgIpc) is 2.79. The van der Waals surface area contributed by atoms with Gasteiger partial charge in [-0.25, -0.2) is 4.79 Å². The van der Waals surface area contributed by atoms with E-state index in [1.165, 1.54) is 0 Å². The minimum atomic E-state index is -0.419. The summed E-state index contributed by atoms with van der Waals surface area (Å²) in [5.74, 6) is -0.419. The molecule has 2 unspecified atom stereocenters. The van der Waals surface area contributed by atoms with Crippen LogP contribution in [-0.2, 0) is 4.74 Å². The van der Waals surface area contributed by atoms with Gasteiger partial charge in [-0.15, -0.1) is 0 Å². The van der Waals surface area contributed by atoms with Gasteiger partial charge in [0.05, 0.1) is 6.61 Å². The summed E-state index contributed by atoms with van der Waals surface area (Å²) < 4.78 is 5.17. The Morgan fingerprint density at radius 3 is 2.35 bits per heavy atom. The van der Waals surface area contributed by atoms with E-state index >= 15 is 0 Å². The normalized spacial score (nSPS) is 26.0. The zero-order valence-electron chi connectivity index (χ0n) is 13.3. The van der Waals surface area contributed by atoms with E-state index in [9.17, 15) is 9.59 Å². The van der Waals surface area contributed by atoms with E-state index in [2.05, 4.69) is 5.32 Å². The number of piperidine rings is 1. The molecular formula is C17H23N3O3. The van der Waals surface area contributed by atoms with Gasteiger partial charge < -0.3 is 20.7 Å². The summed E-state index contributed by atoms with van der Waals surface area (Å²) in [6.07, 6.45) is 3.76. The Balaban J connectivity index is 1.62. The van der Waals surface area contributed by atoms with Gasteiger partial charge in [0.25, 0.3) is 0 Å². The quantitative estimate of drug-likeness (QED) is 0.892. The molecule has 124 valence electrons. The molecule has 2 fully saturated rings. The molecule has 2 bridgehead atoms. The second-order valence-corrected chi connectivity index (χ2v) is 6.25. The van der Waals surface area contributed by atoms with Crippen molar-refractivity contribution in [2.24, 2.45) is 5.73 Å². The molecule has 0 aromatic heterocycles. The maximum absolute atomic E-state index is 12.1. The number of benzene rings is 1. The van der Waals surface area contributed by atoms with Crippen LogP contribution < -0.4 is 11.1 Å². The highest BCUT2D eigenvalue weighted by atomic mass is 16.6. The highest BCUT2D eigenvalue weighted by Crippen LogP contribution is 2.37. The maximum Gasteiger partial charge on any atom is 0.410 e. The van der Waals surface area contributed by atoms with E-state index in [1.807, 2.05) is 24.0 Å². The fourth-order valence-corrected chi connectivity index (χ4v) is 3.76. The Labute approximate surface area is 136 Å². The number of hydrogen-bond acceptors (Lipinski definition) is 4. The molecule has 3 N–H and O–H groups in total. The molecular weight excluding hydrogens is 294 g/mol. The topological polar surface area (TPSA) is 84.7 Å². The Morgan fingerprint density at radius 2 is 1.83 bits per heavy atom. The summed E-state index contributed by atoms with van der Waals surface area (Å²) in [6, 6.07) is 8.06. The van der Waals surface area contributed by atoms with Gasteiger partial charge in [-0.05, 0) is 56.9 Å². The van der Waals surface area contributed by atoms with Gasteiger partial charge in [0.15, 0.2) is 0 Å². The van der Waals surface area contributed by atoms with E-state index in [0.717, 1.165) is 31.4 Å². The molecule has 23 heavy (non-hydrogen) atoms. The lowest BCUT2D eigenvalue weighted by Crippen LogP contribution is -2.49. The standard InChI is InChI=1S/C17H23N3O3/c1-2-23-17(22)20-14-7-8-15(20)10-13(9-14)19-12-5-3-11(4-6-12)16(18)21/h3-6,13-15,19H,2,7-10H2,1H3,(H2,18,21). The molecule has 0 spiro atoms. The number of carbonyl (C=O) groups is 2. The zero-order valence-corrected chi connectivity index (χ0v) is 13.3. The number of nitrogens with one attached hydrogen (secondary N) is 1. The molecule has 0 aliphatic carbocycles. The summed E-state index contributed by atoms with van der Waals surface area (Å²) in [6.45, 7) is 2.26. The fourth-order valence-electron chi connectivity index (χ4n) is 3.76. The first-order valence-electron chi connectivity index (χ1n) is 8.20. The number of amides is 2. The maximum atomic E-state index is 12.1. The third-order valence-corrected chi connectivity index (χ3v) is 4.75. The monoisotopic (exact) mass is 317 g/mol. The van der Waals surface area contributed by atoms with E-state index in [0.29, 0.717) is 18.2 Å². The Bertz CT molecular complexity index is 573. The molecule has 0 saturated carbocycles. The second kappa shape index (κ2) is 6.48. The number of anilines is 1. The largest absolute Gasteiger partial charge is 0.450 e. The molecule has 3 rings (SSSR count). The lowest BCUT2D eigenvalue weighted by Gasteiger charge is -2.38. The van der Waals surface area contributed by atoms with Crippen molar-refractivity contribution in [2.75, 3.05) is 11.9 Å². The third kappa shape index (κ3) is 3.25. The molecule has 2 amide bonds. The first-order valence-corrected chi connectivity index (χ1v) is 8.20. The highest BCUT2D eigenvalue weighted by Gasteiger charge is 2.43. The fraction of sp³-hybridized carbons (Fsp3) is 0.529. The van der Waals surface area contributed by atoms with Crippen LogP contribution in [0, 0.1) is 0 Å². The van der Waals surface area contributed by atoms with Gasteiger partial charge in [0.2, 0.25) is 5.91 Å². The van der Waals surface area contributed by atoms with Crippen LogP contribution in [0.3, 0.4) is 0 Å². The van der Waals surface area contributed by atoms with Crippen LogP contribution in [0.1, 0.15) is 43.0 Å². The van der Waals surface area contributed by atoms with Crippen molar-refractivity contribution in [1.29, 1.82) is 0 Å². The number of hydrogen-bond donors (Lipinski definition) is 2. The number of nitrogens with two attached hydrogens (primary N) is 1. The van der Waals surface area contributed by atoms with Crippen molar-refractivity contribution in [3.63, 3.8) is 0 Å². The van der Waals surface area contributed by atoms with Crippen LogP contribution in [0.4, 0.5) is 10.5 Å². The van der Waals surface area contributed by atoms with Crippen LogP contribution in [0.15, 0.2) is 24.3 Å². The van der Waals surface area contributed by atoms with Crippen molar-refractivity contribution < 1.29 is 14.3 Å². The third-order valence-electron chi connectivity index (χ3n) is 4.75. The van der Waals surface area contributed by atoms with Crippen molar-refractivity contribution >= 4 is 17.7 Å².